The van der Waals surface area contributed by atoms with Gasteiger partial charge in [0.15, 0.2) is 5.92 Å². The molecule has 1 aromatic heterocycles. The van der Waals surface area contributed by atoms with Crippen LogP contribution in [0.25, 0.3) is 0 Å². The van der Waals surface area contributed by atoms with Crippen molar-refractivity contribution in [2.45, 2.75) is 44.7 Å². The molecule has 0 aliphatic rings. The molecule has 0 saturated carbocycles. The van der Waals surface area contributed by atoms with Crippen molar-refractivity contribution in [2.24, 2.45) is 5.92 Å². The number of hydrogen-bond donors (Lipinski definition) is 1. The molecular weight excluding hydrogens is 300 g/mol. The van der Waals surface area contributed by atoms with E-state index < -0.39 is 30.7 Å². The molecule has 1 N–H and O–H groups in total. The van der Waals surface area contributed by atoms with E-state index in [-0.39, 0.29) is 11.7 Å². The summed E-state index contributed by atoms with van der Waals surface area (Å²) in [7, 11) is 1.08. The van der Waals surface area contributed by atoms with Gasteiger partial charge in [-0.3, -0.25) is 4.68 Å². The molecule has 0 bridgehead atoms. The molecule has 0 saturated heterocycles. The van der Waals surface area contributed by atoms with Crippen LogP contribution in [0.4, 0.5) is 26.3 Å². The molecular formula is C12H17F6N3. The van der Waals surface area contributed by atoms with Gasteiger partial charge in [0.1, 0.15) is 0 Å². The van der Waals surface area contributed by atoms with E-state index in [0.29, 0.717) is 0 Å². The number of alkyl halides is 6. The van der Waals surface area contributed by atoms with Gasteiger partial charge in [-0.05, 0) is 27.0 Å². The molecule has 1 aromatic rings. The van der Waals surface area contributed by atoms with Gasteiger partial charge in [0.05, 0.1) is 5.69 Å². The zero-order chi connectivity index (χ0) is 16.4. The summed E-state index contributed by atoms with van der Waals surface area (Å²) >= 11 is 0. The van der Waals surface area contributed by atoms with Crippen LogP contribution in [0.1, 0.15) is 25.6 Å². The summed E-state index contributed by atoms with van der Waals surface area (Å²) in [4.78, 5) is 0. The second kappa shape index (κ2) is 6.25. The molecule has 1 heterocycles. The summed E-state index contributed by atoms with van der Waals surface area (Å²) in [5, 5.41) is 6.10. The maximum atomic E-state index is 12.7. The first-order valence-corrected chi connectivity index (χ1v) is 6.31. The lowest BCUT2D eigenvalue weighted by Gasteiger charge is -2.30. The maximum absolute atomic E-state index is 12.7. The van der Waals surface area contributed by atoms with Crippen molar-refractivity contribution in [3.05, 3.63) is 18.0 Å². The third kappa shape index (κ3) is 4.62. The second-order valence-corrected chi connectivity index (χ2v) is 5.04. The Kier molecular flexibility index (Phi) is 5.30. The van der Waals surface area contributed by atoms with Crippen molar-refractivity contribution < 1.29 is 26.3 Å². The molecule has 0 amide bonds. The van der Waals surface area contributed by atoms with Crippen LogP contribution in [0.2, 0.25) is 0 Å². The third-order valence-corrected chi connectivity index (χ3v) is 3.10. The minimum Gasteiger partial charge on any atom is -0.316 e. The van der Waals surface area contributed by atoms with Gasteiger partial charge in [0, 0.05) is 24.7 Å². The van der Waals surface area contributed by atoms with Crippen LogP contribution < -0.4 is 5.32 Å². The second-order valence-electron chi connectivity index (χ2n) is 5.04. The van der Waals surface area contributed by atoms with Gasteiger partial charge in [0.25, 0.3) is 0 Å². The molecule has 0 aliphatic carbocycles. The van der Waals surface area contributed by atoms with Gasteiger partial charge in [0.2, 0.25) is 0 Å². The summed E-state index contributed by atoms with van der Waals surface area (Å²) in [5.41, 5.74) is 0.182. The van der Waals surface area contributed by atoms with Crippen molar-refractivity contribution in [2.75, 3.05) is 7.05 Å². The lowest BCUT2D eigenvalue weighted by Crippen LogP contribution is -2.51. The standard InChI is InChI=1S/C12H17F6N3/c1-7(2)21-5-4-8(20-21)6-9(19-3)10(11(13,14)15)12(16,17)18/h4-5,7,9-10,19H,6H2,1-3H3. The molecule has 9 heteroatoms. The molecule has 0 radical (unpaired) electrons. The maximum Gasteiger partial charge on any atom is 0.402 e. The Labute approximate surface area is 118 Å². The number of rotatable bonds is 5. The van der Waals surface area contributed by atoms with Gasteiger partial charge in [-0.15, -0.1) is 0 Å². The number of hydrogen-bond acceptors (Lipinski definition) is 2. The molecule has 122 valence electrons. The Morgan fingerprint density at radius 1 is 1.14 bits per heavy atom. The molecule has 0 aromatic carbocycles. The third-order valence-electron chi connectivity index (χ3n) is 3.10. The van der Waals surface area contributed by atoms with E-state index in [9.17, 15) is 26.3 Å². The monoisotopic (exact) mass is 317 g/mol. The van der Waals surface area contributed by atoms with Crippen molar-refractivity contribution in [1.82, 2.24) is 15.1 Å². The smallest absolute Gasteiger partial charge is 0.316 e. The Morgan fingerprint density at radius 3 is 2.00 bits per heavy atom. The van der Waals surface area contributed by atoms with Gasteiger partial charge in [-0.2, -0.15) is 31.4 Å². The zero-order valence-electron chi connectivity index (χ0n) is 11.8. The predicted molar refractivity (Wildman–Crippen MR) is 64.8 cm³/mol. The van der Waals surface area contributed by atoms with Crippen LogP contribution in [-0.2, 0) is 6.42 Å². The van der Waals surface area contributed by atoms with E-state index in [2.05, 4.69) is 10.4 Å². The van der Waals surface area contributed by atoms with Crippen molar-refractivity contribution in [1.29, 1.82) is 0 Å². The quantitative estimate of drug-likeness (QED) is 0.844. The molecule has 1 atom stereocenters. The molecule has 21 heavy (non-hydrogen) atoms. The van der Waals surface area contributed by atoms with Gasteiger partial charge in [-0.1, -0.05) is 0 Å². The van der Waals surface area contributed by atoms with Crippen LogP contribution in [-0.4, -0.2) is 35.2 Å². The van der Waals surface area contributed by atoms with E-state index in [4.69, 9.17) is 0 Å². The highest BCUT2D eigenvalue weighted by Crippen LogP contribution is 2.41. The van der Waals surface area contributed by atoms with Crippen molar-refractivity contribution in [3.63, 3.8) is 0 Å². The lowest BCUT2D eigenvalue weighted by atomic mass is 9.94. The number of halogens is 6. The fraction of sp³-hybridized carbons (Fsp3) is 0.750. The van der Waals surface area contributed by atoms with Gasteiger partial charge >= 0.3 is 12.4 Å². The number of nitrogens with one attached hydrogen (secondary N) is 1. The number of likely N-dealkylation sites (N-methyl/N-ethyl adjacent to an activating group) is 1. The number of aromatic nitrogens is 2. The van der Waals surface area contributed by atoms with Crippen LogP contribution in [0.15, 0.2) is 12.3 Å². The van der Waals surface area contributed by atoms with Gasteiger partial charge < -0.3 is 5.32 Å². The molecule has 0 aliphatic heterocycles. The highest BCUT2D eigenvalue weighted by Gasteiger charge is 2.59. The molecule has 3 nitrogen and oxygen atoms in total. The first-order valence-electron chi connectivity index (χ1n) is 6.31. The molecule has 0 spiro atoms. The first kappa shape index (κ1) is 17.8. The lowest BCUT2D eigenvalue weighted by molar-refractivity contribution is -0.291. The summed E-state index contributed by atoms with van der Waals surface area (Å²) in [6, 6.07) is -0.415. The van der Waals surface area contributed by atoms with Crippen LogP contribution in [0.5, 0.6) is 0 Å². The minimum absolute atomic E-state index is 0.0205. The van der Waals surface area contributed by atoms with E-state index in [0.717, 1.165) is 7.05 Å². The summed E-state index contributed by atoms with van der Waals surface area (Å²) in [5.74, 6) is -3.43. The van der Waals surface area contributed by atoms with Crippen molar-refractivity contribution in [3.8, 4) is 0 Å². The minimum atomic E-state index is -5.37. The fourth-order valence-electron chi connectivity index (χ4n) is 2.03. The fourth-order valence-corrected chi connectivity index (χ4v) is 2.03. The molecule has 1 rings (SSSR count). The molecule has 1 unspecified atom stereocenters. The molecule has 0 fully saturated rings. The SMILES string of the molecule is CNC(Cc1ccn(C(C)C)n1)C(C(F)(F)F)C(F)(F)F. The highest BCUT2D eigenvalue weighted by molar-refractivity contribution is 5.04. The van der Waals surface area contributed by atoms with Crippen molar-refractivity contribution >= 4 is 0 Å². The van der Waals surface area contributed by atoms with E-state index in [1.165, 1.54) is 16.9 Å². The van der Waals surface area contributed by atoms with Crippen LogP contribution in [0.3, 0.4) is 0 Å². The summed E-state index contributed by atoms with van der Waals surface area (Å²) in [6.07, 6.45) is -9.66. The Balaban J connectivity index is 2.98. The highest BCUT2D eigenvalue weighted by atomic mass is 19.4. The first-order chi connectivity index (χ1) is 9.46. The average Bonchev–Trinajstić information content (AvgIpc) is 2.72. The zero-order valence-corrected chi connectivity index (χ0v) is 11.8. The van der Waals surface area contributed by atoms with Gasteiger partial charge in [-0.25, -0.2) is 0 Å². The van der Waals surface area contributed by atoms with E-state index in [1.54, 1.807) is 13.8 Å². The Morgan fingerprint density at radius 2 is 1.67 bits per heavy atom. The van der Waals surface area contributed by atoms with E-state index >= 15 is 0 Å². The van der Waals surface area contributed by atoms with Crippen LogP contribution >= 0.6 is 0 Å². The Bertz CT molecular complexity index is 435. The normalized spacial score (nSPS) is 15.0. The average molecular weight is 317 g/mol. The number of nitrogens with zero attached hydrogens (tertiary/aromatic N) is 2. The topological polar surface area (TPSA) is 29.9 Å². The predicted octanol–water partition coefficient (Wildman–Crippen LogP) is 3.34. The summed E-state index contributed by atoms with van der Waals surface area (Å²) < 4.78 is 77.7. The van der Waals surface area contributed by atoms with Crippen LogP contribution in [0, 0.1) is 5.92 Å². The summed E-state index contributed by atoms with van der Waals surface area (Å²) in [6.45, 7) is 3.61. The largest absolute Gasteiger partial charge is 0.402 e. The van der Waals surface area contributed by atoms with E-state index in [1.807, 2.05) is 0 Å². The Hall–Kier alpha value is -1.25.